The summed E-state index contributed by atoms with van der Waals surface area (Å²) in [6, 6.07) is 7.88. The first-order valence-corrected chi connectivity index (χ1v) is 7.86. The van der Waals surface area contributed by atoms with Gasteiger partial charge in [-0.15, -0.1) is 0 Å². The first-order chi connectivity index (χ1) is 8.86. The van der Waals surface area contributed by atoms with Gasteiger partial charge in [0.15, 0.2) is 9.84 Å². The zero-order valence-electron chi connectivity index (χ0n) is 11.5. The number of hydrogen-bond donors (Lipinski definition) is 0. The second kappa shape index (κ2) is 6.69. The van der Waals surface area contributed by atoms with Crippen molar-refractivity contribution in [3.05, 3.63) is 29.8 Å². The summed E-state index contributed by atoms with van der Waals surface area (Å²) in [5, 5.41) is 8.67. The van der Waals surface area contributed by atoms with Gasteiger partial charge in [-0.1, -0.05) is 13.8 Å². The van der Waals surface area contributed by atoms with Gasteiger partial charge < -0.3 is 4.74 Å². The molecule has 0 aliphatic carbocycles. The third-order valence-corrected chi connectivity index (χ3v) is 4.71. The molecule has 0 saturated heterocycles. The molecule has 0 bridgehead atoms. The van der Waals surface area contributed by atoms with Crippen LogP contribution in [0.4, 0.5) is 0 Å². The van der Waals surface area contributed by atoms with Gasteiger partial charge in [-0.05, 0) is 37.1 Å². The number of hydrogen-bond acceptors (Lipinski definition) is 4. The van der Waals surface area contributed by atoms with E-state index in [0.717, 1.165) is 0 Å². The van der Waals surface area contributed by atoms with Crippen LogP contribution in [0.1, 0.15) is 26.3 Å². The number of nitriles is 1. The number of nitrogens with zero attached hydrogens (tertiary/aromatic N) is 1. The first-order valence-electron chi connectivity index (χ1n) is 6.21. The zero-order valence-corrected chi connectivity index (χ0v) is 12.3. The predicted octanol–water partition coefficient (Wildman–Crippen LogP) is 2.39. The predicted molar refractivity (Wildman–Crippen MR) is 73.5 cm³/mol. The van der Waals surface area contributed by atoms with Gasteiger partial charge in [0.05, 0.1) is 35.0 Å². The van der Waals surface area contributed by atoms with Gasteiger partial charge in [0, 0.05) is 0 Å². The van der Waals surface area contributed by atoms with Crippen LogP contribution in [0.2, 0.25) is 0 Å². The Labute approximate surface area is 114 Å². The molecule has 19 heavy (non-hydrogen) atoms. The van der Waals surface area contributed by atoms with Crippen molar-refractivity contribution in [3.8, 4) is 6.07 Å². The molecule has 0 spiro atoms. The second-order valence-corrected chi connectivity index (χ2v) is 6.88. The van der Waals surface area contributed by atoms with Crippen LogP contribution in [-0.4, -0.2) is 26.9 Å². The van der Waals surface area contributed by atoms with Gasteiger partial charge in [0.25, 0.3) is 0 Å². The summed E-state index contributed by atoms with van der Waals surface area (Å²) in [5.74, 6) is 0.313. The largest absolute Gasteiger partial charge is 0.377 e. The summed E-state index contributed by atoms with van der Waals surface area (Å²) in [5.41, 5.74) is 0.448. The van der Waals surface area contributed by atoms with Gasteiger partial charge >= 0.3 is 0 Å². The van der Waals surface area contributed by atoms with Gasteiger partial charge in [-0.2, -0.15) is 5.26 Å². The number of benzene rings is 1. The summed E-state index contributed by atoms with van der Waals surface area (Å²) >= 11 is 0. The summed E-state index contributed by atoms with van der Waals surface area (Å²) in [4.78, 5) is 0.229. The molecule has 5 heteroatoms. The molecular weight excluding hydrogens is 262 g/mol. The van der Waals surface area contributed by atoms with Crippen LogP contribution in [0.25, 0.3) is 0 Å². The van der Waals surface area contributed by atoms with Crippen LogP contribution in [0.15, 0.2) is 29.2 Å². The molecule has 4 nitrogen and oxygen atoms in total. The Morgan fingerprint density at radius 3 is 2.26 bits per heavy atom. The number of sulfone groups is 1. The van der Waals surface area contributed by atoms with E-state index in [1.54, 1.807) is 0 Å². The quantitative estimate of drug-likeness (QED) is 0.803. The Kier molecular flexibility index (Phi) is 5.52. The van der Waals surface area contributed by atoms with Crippen molar-refractivity contribution in [2.24, 2.45) is 5.92 Å². The maximum absolute atomic E-state index is 12.0. The standard InChI is InChI=1S/C14H19NO3S/c1-11(2)12(3)18-8-9-19(16,17)14-6-4-13(10-15)5-7-14/h4-7,11-12H,8-9H2,1-3H3. The van der Waals surface area contributed by atoms with Crippen LogP contribution in [0, 0.1) is 17.2 Å². The molecular formula is C14H19NO3S. The van der Waals surface area contributed by atoms with Crippen LogP contribution >= 0.6 is 0 Å². The minimum atomic E-state index is -3.34. The lowest BCUT2D eigenvalue weighted by molar-refractivity contribution is 0.0455. The average Bonchev–Trinajstić information content (AvgIpc) is 2.38. The minimum absolute atomic E-state index is 0.0381. The van der Waals surface area contributed by atoms with E-state index in [1.165, 1.54) is 24.3 Å². The molecule has 0 fully saturated rings. The first kappa shape index (κ1) is 15.7. The molecule has 0 amide bonds. The van der Waals surface area contributed by atoms with Crippen molar-refractivity contribution >= 4 is 9.84 Å². The van der Waals surface area contributed by atoms with Crippen LogP contribution in [0.3, 0.4) is 0 Å². The maximum atomic E-state index is 12.0. The summed E-state index contributed by atoms with van der Waals surface area (Å²) in [6.45, 7) is 6.17. The third-order valence-electron chi connectivity index (χ3n) is 3.01. The maximum Gasteiger partial charge on any atom is 0.180 e. The Morgan fingerprint density at radius 2 is 1.79 bits per heavy atom. The molecule has 0 heterocycles. The molecule has 1 aromatic carbocycles. The summed E-state index contributed by atoms with van der Waals surface area (Å²) in [6.07, 6.45) is 0.0381. The molecule has 0 saturated carbocycles. The van der Waals surface area contributed by atoms with E-state index in [2.05, 4.69) is 0 Å². The molecule has 104 valence electrons. The summed E-state index contributed by atoms with van der Waals surface area (Å²) in [7, 11) is -3.34. The molecule has 0 aliphatic heterocycles. The third kappa shape index (κ3) is 4.66. The van der Waals surface area contributed by atoms with Crippen molar-refractivity contribution in [2.45, 2.75) is 31.8 Å². The van der Waals surface area contributed by atoms with Gasteiger partial charge in [0.2, 0.25) is 0 Å². The average molecular weight is 281 g/mol. The Morgan fingerprint density at radius 1 is 1.21 bits per heavy atom. The normalized spacial score (nSPS) is 13.2. The second-order valence-electron chi connectivity index (χ2n) is 4.77. The van der Waals surface area contributed by atoms with E-state index >= 15 is 0 Å². The topological polar surface area (TPSA) is 67.2 Å². The zero-order chi connectivity index (χ0) is 14.5. The molecule has 1 rings (SSSR count). The highest BCUT2D eigenvalue weighted by molar-refractivity contribution is 7.91. The fourth-order valence-electron chi connectivity index (χ4n) is 1.39. The fourth-order valence-corrected chi connectivity index (χ4v) is 2.49. The lowest BCUT2D eigenvalue weighted by Gasteiger charge is -2.16. The van der Waals surface area contributed by atoms with E-state index in [4.69, 9.17) is 10.00 Å². The van der Waals surface area contributed by atoms with Crippen LogP contribution in [0.5, 0.6) is 0 Å². The Bertz CT molecular complexity index is 541. The van der Waals surface area contributed by atoms with Crippen LogP contribution in [-0.2, 0) is 14.6 Å². The lowest BCUT2D eigenvalue weighted by atomic mass is 10.1. The molecule has 1 aromatic rings. The summed E-state index contributed by atoms with van der Waals surface area (Å²) < 4.78 is 29.5. The van der Waals surface area contributed by atoms with Gasteiger partial charge in [0.1, 0.15) is 0 Å². The number of ether oxygens (including phenoxy) is 1. The van der Waals surface area contributed by atoms with Crippen molar-refractivity contribution in [1.29, 1.82) is 5.26 Å². The van der Waals surface area contributed by atoms with E-state index in [9.17, 15) is 8.42 Å². The van der Waals surface area contributed by atoms with Crippen molar-refractivity contribution in [3.63, 3.8) is 0 Å². The highest BCUT2D eigenvalue weighted by Crippen LogP contribution is 2.13. The number of rotatable bonds is 6. The van der Waals surface area contributed by atoms with Crippen molar-refractivity contribution < 1.29 is 13.2 Å². The van der Waals surface area contributed by atoms with Gasteiger partial charge in [-0.25, -0.2) is 8.42 Å². The van der Waals surface area contributed by atoms with E-state index in [1.807, 2.05) is 26.8 Å². The lowest BCUT2D eigenvalue weighted by Crippen LogP contribution is -2.20. The monoisotopic (exact) mass is 281 g/mol. The van der Waals surface area contributed by atoms with Gasteiger partial charge in [-0.3, -0.25) is 0 Å². The van der Waals surface area contributed by atoms with E-state index < -0.39 is 9.84 Å². The molecule has 0 aliphatic rings. The molecule has 0 N–H and O–H groups in total. The van der Waals surface area contributed by atoms with E-state index in [0.29, 0.717) is 11.5 Å². The van der Waals surface area contributed by atoms with E-state index in [-0.39, 0.29) is 23.4 Å². The molecule has 0 radical (unpaired) electrons. The molecule has 1 unspecified atom stereocenters. The van der Waals surface area contributed by atoms with Crippen molar-refractivity contribution in [2.75, 3.05) is 12.4 Å². The Hall–Kier alpha value is -1.38. The smallest absolute Gasteiger partial charge is 0.180 e. The molecule has 0 aromatic heterocycles. The van der Waals surface area contributed by atoms with Crippen molar-refractivity contribution in [1.82, 2.24) is 0 Å². The highest BCUT2D eigenvalue weighted by Gasteiger charge is 2.15. The fraction of sp³-hybridized carbons (Fsp3) is 0.500. The highest BCUT2D eigenvalue weighted by atomic mass is 32.2. The minimum Gasteiger partial charge on any atom is -0.377 e. The Balaban J connectivity index is 2.63. The molecule has 1 atom stereocenters. The van der Waals surface area contributed by atoms with Crippen LogP contribution < -0.4 is 0 Å². The SMILES string of the molecule is CC(C)C(C)OCCS(=O)(=O)c1ccc(C#N)cc1.